The second-order valence-corrected chi connectivity index (χ2v) is 6.47. The van der Waals surface area contributed by atoms with Gasteiger partial charge in [0.15, 0.2) is 5.11 Å². The molecule has 0 amide bonds. The van der Waals surface area contributed by atoms with Crippen molar-refractivity contribution in [3.8, 4) is 5.75 Å². The Morgan fingerprint density at radius 3 is 2.38 bits per heavy atom. The standard InChI is InChI=1S/C21H22N2O2S/c1-16-5-7-17(8-6-16)14-23(15-20-4-3-13-25-20)21(26)22-18-9-11-19(24-2)12-10-18/h3-13H,14-15H2,1-2H3,(H,22,26). The molecule has 0 fully saturated rings. The van der Waals surface area contributed by atoms with E-state index < -0.39 is 0 Å². The van der Waals surface area contributed by atoms with Crippen LogP contribution in [-0.4, -0.2) is 17.1 Å². The van der Waals surface area contributed by atoms with Gasteiger partial charge in [-0.2, -0.15) is 0 Å². The molecule has 0 aliphatic heterocycles. The fourth-order valence-electron chi connectivity index (χ4n) is 2.58. The van der Waals surface area contributed by atoms with E-state index in [-0.39, 0.29) is 0 Å². The summed E-state index contributed by atoms with van der Waals surface area (Å²) in [7, 11) is 1.65. The number of nitrogens with zero attached hydrogens (tertiary/aromatic N) is 1. The number of furan rings is 1. The number of anilines is 1. The first-order valence-corrected chi connectivity index (χ1v) is 8.83. The number of methoxy groups -OCH3 is 1. The van der Waals surface area contributed by atoms with Crippen LogP contribution < -0.4 is 10.1 Å². The first-order valence-electron chi connectivity index (χ1n) is 8.42. The van der Waals surface area contributed by atoms with E-state index in [0.717, 1.165) is 17.2 Å². The Labute approximate surface area is 159 Å². The maximum Gasteiger partial charge on any atom is 0.174 e. The van der Waals surface area contributed by atoms with Crippen molar-refractivity contribution in [2.24, 2.45) is 0 Å². The molecule has 3 aromatic rings. The molecule has 134 valence electrons. The Morgan fingerprint density at radius 1 is 1.04 bits per heavy atom. The molecule has 0 atom stereocenters. The average molecular weight is 366 g/mol. The maximum atomic E-state index is 5.66. The Bertz CT molecular complexity index is 827. The SMILES string of the molecule is COc1ccc(NC(=S)N(Cc2ccc(C)cc2)Cc2ccco2)cc1. The Morgan fingerprint density at radius 2 is 1.77 bits per heavy atom. The molecule has 1 heterocycles. The van der Waals surface area contributed by atoms with E-state index in [2.05, 4.69) is 41.4 Å². The molecule has 0 unspecified atom stereocenters. The molecular weight excluding hydrogens is 344 g/mol. The van der Waals surface area contributed by atoms with Gasteiger partial charge in [0.1, 0.15) is 11.5 Å². The van der Waals surface area contributed by atoms with E-state index in [1.165, 1.54) is 11.1 Å². The summed E-state index contributed by atoms with van der Waals surface area (Å²) in [5, 5.41) is 3.94. The number of ether oxygens (including phenoxy) is 1. The van der Waals surface area contributed by atoms with Crippen LogP contribution in [0, 0.1) is 6.92 Å². The molecule has 0 bridgehead atoms. The fourth-order valence-corrected chi connectivity index (χ4v) is 2.83. The summed E-state index contributed by atoms with van der Waals surface area (Å²) in [5.41, 5.74) is 3.36. The van der Waals surface area contributed by atoms with Gasteiger partial charge in [0.25, 0.3) is 0 Å². The lowest BCUT2D eigenvalue weighted by Gasteiger charge is -2.25. The van der Waals surface area contributed by atoms with Crippen LogP contribution in [0.2, 0.25) is 0 Å². The first kappa shape index (κ1) is 18.0. The number of aryl methyl sites for hydroxylation is 1. The highest BCUT2D eigenvalue weighted by Gasteiger charge is 2.13. The predicted octanol–water partition coefficient (Wildman–Crippen LogP) is 5.00. The Kier molecular flexibility index (Phi) is 5.92. The van der Waals surface area contributed by atoms with Crippen LogP contribution in [0.3, 0.4) is 0 Å². The number of rotatable bonds is 6. The lowest BCUT2D eigenvalue weighted by Crippen LogP contribution is -2.33. The summed E-state index contributed by atoms with van der Waals surface area (Å²) < 4.78 is 10.7. The van der Waals surface area contributed by atoms with Crippen LogP contribution in [0.15, 0.2) is 71.3 Å². The molecule has 5 heteroatoms. The third kappa shape index (κ3) is 4.86. The van der Waals surface area contributed by atoms with Crippen molar-refractivity contribution in [1.29, 1.82) is 0 Å². The van der Waals surface area contributed by atoms with Gasteiger partial charge in [-0.3, -0.25) is 0 Å². The second kappa shape index (κ2) is 8.54. The van der Waals surface area contributed by atoms with Crippen molar-refractivity contribution in [3.05, 3.63) is 83.8 Å². The van der Waals surface area contributed by atoms with E-state index in [9.17, 15) is 0 Å². The molecule has 3 rings (SSSR count). The molecule has 0 aliphatic carbocycles. The lowest BCUT2D eigenvalue weighted by molar-refractivity contribution is 0.360. The molecule has 0 radical (unpaired) electrons. The topological polar surface area (TPSA) is 37.6 Å². The molecule has 26 heavy (non-hydrogen) atoms. The van der Waals surface area contributed by atoms with Crippen molar-refractivity contribution < 1.29 is 9.15 Å². The summed E-state index contributed by atoms with van der Waals surface area (Å²) in [6.45, 7) is 3.38. The van der Waals surface area contributed by atoms with Crippen LogP contribution >= 0.6 is 12.2 Å². The highest BCUT2D eigenvalue weighted by molar-refractivity contribution is 7.80. The van der Waals surface area contributed by atoms with Gasteiger partial charge in [-0.15, -0.1) is 0 Å². The normalized spacial score (nSPS) is 10.4. The van der Waals surface area contributed by atoms with E-state index >= 15 is 0 Å². The monoisotopic (exact) mass is 366 g/mol. The summed E-state index contributed by atoms with van der Waals surface area (Å²) in [6, 6.07) is 20.0. The summed E-state index contributed by atoms with van der Waals surface area (Å²) in [6.07, 6.45) is 1.68. The summed E-state index contributed by atoms with van der Waals surface area (Å²) in [5.74, 6) is 1.68. The molecule has 0 saturated carbocycles. The van der Waals surface area contributed by atoms with Crippen LogP contribution in [0.4, 0.5) is 5.69 Å². The minimum Gasteiger partial charge on any atom is -0.497 e. The number of nitrogens with one attached hydrogen (secondary N) is 1. The van der Waals surface area contributed by atoms with Gasteiger partial charge < -0.3 is 19.4 Å². The quantitative estimate of drug-likeness (QED) is 0.622. The van der Waals surface area contributed by atoms with Gasteiger partial charge in [-0.05, 0) is 61.1 Å². The van der Waals surface area contributed by atoms with E-state index in [4.69, 9.17) is 21.4 Å². The molecular formula is C21H22N2O2S. The Hall–Kier alpha value is -2.79. The molecule has 0 spiro atoms. The zero-order valence-electron chi connectivity index (χ0n) is 14.9. The molecule has 1 aromatic heterocycles. The van der Waals surface area contributed by atoms with Crippen molar-refractivity contribution in [3.63, 3.8) is 0 Å². The third-order valence-corrected chi connectivity index (χ3v) is 4.41. The second-order valence-electron chi connectivity index (χ2n) is 6.08. The van der Waals surface area contributed by atoms with Gasteiger partial charge in [0.2, 0.25) is 0 Å². The van der Waals surface area contributed by atoms with Crippen LogP contribution in [0.25, 0.3) is 0 Å². The van der Waals surface area contributed by atoms with Crippen LogP contribution in [-0.2, 0) is 13.1 Å². The van der Waals surface area contributed by atoms with Crippen LogP contribution in [0.1, 0.15) is 16.9 Å². The number of hydrogen-bond acceptors (Lipinski definition) is 3. The van der Waals surface area contributed by atoms with Crippen molar-refractivity contribution in [2.45, 2.75) is 20.0 Å². The minimum atomic E-state index is 0.600. The molecule has 4 nitrogen and oxygen atoms in total. The van der Waals surface area contributed by atoms with Gasteiger partial charge in [-0.25, -0.2) is 0 Å². The van der Waals surface area contributed by atoms with Gasteiger partial charge in [0, 0.05) is 12.2 Å². The number of benzene rings is 2. The first-order chi connectivity index (χ1) is 12.6. The lowest BCUT2D eigenvalue weighted by atomic mass is 10.1. The van der Waals surface area contributed by atoms with Gasteiger partial charge in [-0.1, -0.05) is 29.8 Å². The highest BCUT2D eigenvalue weighted by atomic mass is 32.1. The zero-order chi connectivity index (χ0) is 18.4. The van der Waals surface area contributed by atoms with Crippen LogP contribution in [0.5, 0.6) is 5.75 Å². The molecule has 0 saturated heterocycles. The maximum absolute atomic E-state index is 5.66. The molecule has 0 aliphatic rings. The predicted molar refractivity (Wildman–Crippen MR) is 108 cm³/mol. The van der Waals surface area contributed by atoms with Gasteiger partial charge in [0.05, 0.1) is 19.9 Å². The summed E-state index contributed by atoms with van der Waals surface area (Å²) in [4.78, 5) is 2.09. The number of hydrogen-bond donors (Lipinski definition) is 1. The van der Waals surface area contributed by atoms with Crippen molar-refractivity contribution >= 4 is 23.0 Å². The van der Waals surface area contributed by atoms with Crippen molar-refractivity contribution in [1.82, 2.24) is 4.90 Å². The minimum absolute atomic E-state index is 0.600. The highest BCUT2D eigenvalue weighted by Crippen LogP contribution is 2.17. The van der Waals surface area contributed by atoms with E-state index in [1.807, 2.05) is 36.4 Å². The largest absolute Gasteiger partial charge is 0.497 e. The van der Waals surface area contributed by atoms with E-state index in [1.54, 1.807) is 13.4 Å². The van der Waals surface area contributed by atoms with Crippen molar-refractivity contribution in [2.75, 3.05) is 12.4 Å². The smallest absolute Gasteiger partial charge is 0.174 e. The van der Waals surface area contributed by atoms with Gasteiger partial charge >= 0.3 is 0 Å². The number of thiocarbonyl (C=S) groups is 1. The average Bonchev–Trinajstić information content (AvgIpc) is 3.17. The zero-order valence-corrected chi connectivity index (χ0v) is 15.8. The fraction of sp³-hybridized carbons (Fsp3) is 0.190. The summed E-state index contributed by atoms with van der Waals surface area (Å²) >= 11 is 5.66. The molecule has 1 N–H and O–H groups in total. The third-order valence-electron chi connectivity index (χ3n) is 4.05. The Balaban J connectivity index is 1.74. The van der Waals surface area contributed by atoms with E-state index in [0.29, 0.717) is 18.2 Å². The molecule has 2 aromatic carbocycles.